The number of anilines is 1. The fourth-order valence-electron chi connectivity index (χ4n) is 2.23. The molecule has 1 N–H and O–H groups in total. The summed E-state index contributed by atoms with van der Waals surface area (Å²) in [5, 5.41) is 3.27. The van der Waals surface area contributed by atoms with Crippen molar-refractivity contribution in [2.24, 2.45) is 0 Å². The van der Waals surface area contributed by atoms with Gasteiger partial charge in [-0.1, -0.05) is 17.7 Å². The van der Waals surface area contributed by atoms with Crippen molar-refractivity contribution in [2.75, 3.05) is 44.3 Å². The van der Waals surface area contributed by atoms with Crippen LogP contribution in [0.4, 0.5) is 5.69 Å². The highest BCUT2D eigenvalue weighted by atomic mass is 35.5. The molecule has 0 saturated carbocycles. The number of nitrogens with one attached hydrogen (secondary N) is 1. The molecule has 6 nitrogen and oxygen atoms in total. The van der Waals surface area contributed by atoms with Gasteiger partial charge in [-0.05, 0) is 51.7 Å². The summed E-state index contributed by atoms with van der Waals surface area (Å²) in [7, 11) is 0.441. The van der Waals surface area contributed by atoms with E-state index >= 15 is 0 Å². The minimum Gasteiger partial charge on any atom is -0.356 e. The molecular formula is C16H26ClN3O3S. The van der Waals surface area contributed by atoms with Gasteiger partial charge in [-0.3, -0.25) is 9.10 Å². The van der Waals surface area contributed by atoms with E-state index in [9.17, 15) is 13.2 Å². The van der Waals surface area contributed by atoms with Crippen molar-refractivity contribution in [3.05, 3.63) is 28.8 Å². The lowest BCUT2D eigenvalue weighted by Crippen LogP contribution is -2.35. The van der Waals surface area contributed by atoms with Crippen molar-refractivity contribution in [3.8, 4) is 0 Å². The van der Waals surface area contributed by atoms with Gasteiger partial charge in [0.05, 0.1) is 11.9 Å². The number of halogens is 1. The van der Waals surface area contributed by atoms with Gasteiger partial charge in [-0.25, -0.2) is 8.42 Å². The van der Waals surface area contributed by atoms with Gasteiger partial charge in [0, 0.05) is 24.5 Å². The van der Waals surface area contributed by atoms with Crippen molar-refractivity contribution in [1.29, 1.82) is 0 Å². The number of amides is 1. The third-order valence-electron chi connectivity index (χ3n) is 3.49. The fraction of sp³-hybridized carbons (Fsp3) is 0.562. The number of carbonyl (C=O) groups is 1. The van der Waals surface area contributed by atoms with Crippen LogP contribution in [0.25, 0.3) is 0 Å². The van der Waals surface area contributed by atoms with E-state index in [1.54, 1.807) is 18.2 Å². The number of hydrogen-bond acceptors (Lipinski definition) is 4. The average Bonchev–Trinajstić information content (AvgIpc) is 2.45. The minimum absolute atomic E-state index is 0.0829. The van der Waals surface area contributed by atoms with Crippen molar-refractivity contribution < 1.29 is 13.2 Å². The van der Waals surface area contributed by atoms with E-state index in [0.717, 1.165) is 24.8 Å². The predicted molar refractivity (Wildman–Crippen MR) is 99.2 cm³/mol. The first-order valence-electron chi connectivity index (χ1n) is 7.76. The van der Waals surface area contributed by atoms with E-state index in [1.807, 2.05) is 25.9 Å². The van der Waals surface area contributed by atoms with E-state index < -0.39 is 10.0 Å². The zero-order valence-corrected chi connectivity index (χ0v) is 16.2. The van der Waals surface area contributed by atoms with Crippen LogP contribution in [0.3, 0.4) is 0 Å². The lowest BCUT2D eigenvalue weighted by molar-refractivity contribution is -0.120. The second-order valence-electron chi connectivity index (χ2n) is 6.02. The highest BCUT2D eigenvalue weighted by Gasteiger charge is 2.20. The fourth-order valence-corrected chi connectivity index (χ4v) is 3.37. The van der Waals surface area contributed by atoms with E-state index in [1.165, 1.54) is 4.31 Å². The molecule has 0 aliphatic heterocycles. The van der Waals surface area contributed by atoms with Gasteiger partial charge in [-0.15, -0.1) is 0 Å². The molecule has 1 aromatic rings. The van der Waals surface area contributed by atoms with Gasteiger partial charge in [0.25, 0.3) is 0 Å². The van der Waals surface area contributed by atoms with E-state index in [-0.39, 0.29) is 18.9 Å². The Hall–Kier alpha value is -1.31. The van der Waals surface area contributed by atoms with Gasteiger partial charge >= 0.3 is 0 Å². The van der Waals surface area contributed by atoms with Crippen LogP contribution in [-0.2, 0) is 14.8 Å². The van der Waals surface area contributed by atoms with Gasteiger partial charge in [0.2, 0.25) is 15.9 Å². The smallest absolute Gasteiger partial charge is 0.232 e. The molecule has 8 heteroatoms. The molecular weight excluding hydrogens is 350 g/mol. The molecule has 24 heavy (non-hydrogen) atoms. The summed E-state index contributed by atoms with van der Waals surface area (Å²) in [5.41, 5.74) is 1.29. The van der Waals surface area contributed by atoms with Crippen LogP contribution in [-0.4, -0.2) is 59.2 Å². The van der Waals surface area contributed by atoms with Gasteiger partial charge in [0.1, 0.15) is 0 Å². The molecule has 0 heterocycles. The molecule has 0 spiro atoms. The van der Waals surface area contributed by atoms with Crippen LogP contribution in [0.1, 0.15) is 18.4 Å². The Morgan fingerprint density at radius 3 is 2.50 bits per heavy atom. The molecule has 0 atom stereocenters. The summed E-state index contributed by atoms with van der Waals surface area (Å²) in [5.74, 6) is -0.165. The van der Waals surface area contributed by atoms with E-state index in [4.69, 9.17) is 11.6 Å². The second-order valence-corrected chi connectivity index (χ2v) is 8.37. The number of nitrogens with zero attached hydrogens (tertiary/aromatic N) is 2. The number of sulfonamides is 1. The SMILES string of the molecule is Cc1ccc(Cl)cc1N(CCC(=O)NCCCN(C)C)S(C)(=O)=O. The van der Waals surface area contributed by atoms with Crippen molar-refractivity contribution in [3.63, 3.8) is 0 Å². The molecule has 0 saturated heterocycles. The Kier molecular flexibility index (Phi) is 7.99. The quantitative estimate of drug-likeness (QED) is 0.669. The van der Waals surface area contributed by atoms with Crippen molar-refractivity contribution in [2.45, 2.75) is 19.8 Å². The maximum atomic E-state index is 12.1. The standard InChI is InChI=1S/C16H26ClN3O3S/c1-13-6-7-14(17)12-15(13)20(24(4,22)23)11-8-16(21)18-9-5-10-19(2)3/h6-7,12H,5,8-11H2,1-4H3,(H,18,21). The van der Waals surface area contributed by atoms with Gasteiger partial charge in [0.15, 0.2) is 0 Å². The Balaban J connectivity index is 2.69. The first-order valence-corrected chi connectivity index (χ1v) is 9.99. The Labute approximate surface area is 149 Å². The molecule has 1 aromatic carbocycles. The summed E-state index contributed by atoms with van der Waals surface area (Å²) in [4.78, 5) is 14.0. The summed E-state index contributed by atoms with van der Waals surface area (Å²) < 4.78 is 25.4. The van der Waals surface area contributed by atoms with E-state index in [2.05, 4.69) is 5.32 Å². The molecule has 0 aliphatic rings. The molecule has 0 unspecified atom stereocenters. The molecule has 136 valence electrons. The van der Waals surface area contributed by atoms with Crippen LogP contribution >= 0.6 is 11.6 Å². The zero-order chi connectivity index (χ0) is 18.3. The number of benzene rings is 1. The number of aryl methyl sites for hydroxylation is 1. The summed E-state index contributed by atoms with van der Waals surface area (Å²) in [6, 6.07) is 5.07. The maximum Gasteiger partial charge on any atom is 0.232 e. The maximum absolute atomic E-state index is 12.1. The third-order valence-corrected chi connectivity index (χ3v) is 4.90. The summed E-state index contributed by atoms with van der Waals surface area (Å²) >= 11 is 5.98. The third kappa shape index (κ3) is 7.07. The summed E-state index contributed by atoms with van der Waals surface area (Å²) in [6.07, 6.45) is 2.07. The topological polar surface area (TPSA) is 69.7 Å². The molecule has 0 aromatic heterocycles. The molecule has 1 amide bonds. The van der Waals surface area contributed by atoms with Crippen LogP contribution in [0.15, 0.2) is 18.2 Å². The molecule has 0 bridgehead atoms. The lowest BCUT2D eigenvalue weighted by Gasteiger charge is -2.24. The largest absolute Gasteiger partial charge is 0.356 e. The van der Waals surface area contributed by atoms with Crippen LogP contribution in [0.5, 0.6) is 0 Å². The Morgan fingerprint density at radius 2 is 1.92 bits per heavy atom. The minimum atomic E-state index is -3.50. The highest BCUT2D eigenvalue weighted by Crippen LogP contribution is 2.26. The highest BCUT2D eigenvalue weighted by molar-refractivity contribution is 7.92. The average molecular weight is 376 g/mol. The lowest BCUT2D eigenvalue weighted by atomic mass is 10.2. The second kappa shape index (κ2) is 9.25. The number of hydrogen-bond donors (Lipinski definition) is 1. The van der Waals surface area contributed by atoms with Crippen LogP contribution in [0, 0.1) is 6.92 Å². The van der Waals surface area contributed by atoms with Crippen molar-refractivity contribution in [1.82, 2.24) is 10.2 Å². The number of carbonyl (C=O) groups excluding carboxylic acids is 1. The van der Waals surface area contributed by atoms with Crippen molar-refractivity contribution >= 4 is 33.2 Å². The van der Waals surface area contributed by atoms with Gasteiger partial charge in [-0.2, -0.15) is 0 Å². The predicted octanol–water partition coefficient (Wildman–Crippen LogP) is 1.87. The molecule has 1 rings (SSSR count). The van der Waals surface area contributed by atoms with E-state index in [0.29, 0.717) is 17.3 Å². The Bertz CT molecular complexity index is 663. The number of rotatable bonds is 9. The molecule has 0 aliphatic carbocycles. The molecule has 0 radical (unpaired) electrons. The molecule has 0 fully saturated rings. The van der Waals surface area contributed by atoms with Crippen LogP contribution < -0.4 is 9.62 Å². The first-order chi connectivity index (χ1) is 11.1. The zero-order valence-electron chi connectivity index (χ0n) is 14.7. The monoisotopic (exact) mass is 375 g/mol. The Morgan fingerprint density at radius 1 is 1.25 bits per heavy atom. The van der Waals surface area contributed by atoms with Crippen LogP contribution in [0.2, 0.25) is 5.02 Å². The normalized spacial score (nSPS) is 11.6. The summed E-state index contributed by atoms with van der Waals surface area (Å²) in [6.45, 7) is 3.36. The first kappa shape index (κ1) is 20.7. The van der Waals surface area contributed by atoms with Gasteiger partial charge < -0.3 is 10.2 Å².